The lowest BCUT2D eigenvalue weighted by Gasteiger charge is -2.16. The van der Waals surface area contributed by atoms with Gasteiger partial charge >= 0.3 is 0 Å². The van der Waals surface area contributed by atoms with Crippen LogP contribution in [0.1, 0.15) is 22.8 Å². The standard InChI is InChI=1S/C18H24N4O3S.ClH/c1-4-20-16-10-9-15(26(24,25)22(2)3)11-17(16)21-18(23)14-7-5-13(12-19)6-8-14;/h5-11,20H,4,12,19H2,1-3H3,(H,21,23);1H. The predicted molar refractivity (Wildman–Crippen MR) is 111 cm³/mol. The van der Waals surface area contributed by atoms with Gasteiger partial charge in [-0.05, 0) is 42.8 Å². The third kappa shape index (κ3) is 5.43. The molecule has 1 amide bonds. The molecule has 0 radical (unpaired) electrons. The van der Waals surface area contributed by atoms with Gasteiger partial charge in [0.2, 0.25) is 10.0 Å². The molecule has 0 saturated heterocycles. The van der Waals surface area contributed by atoms with E-state index in [1.54, 1.807) is 30.3 Å². The fourth-order valence-electron chi connectivity index (χ4n) is 2.33. The van der Waals surface area contributed by atoms with E-state index in [0.29, 0.717) is 30.0 Å². The van der Waals surface area contributed by atoms with Gasteiger partial charge in [-0.3, -0.25) is 4.79 Å². The van der Waals surface area contributed by atoms with Gasteiger partial charge in [-0.15, -0.1) is 12.4 Å². The number of carbonyl (C=O) groups is 1. The van der Waals surface area contributed by atoms with Gasteiger partial charge in [-0.25, -0.2) is 12.7 Å². The number of hydrogen-bond acceptors (Lipinski definition) is 5. The molecule has 0 fully saturated rings. The number of nitrogens with two attached hydrogens (primary N) is 1. The highest BCUT2D eigenvalue weighted by Crippen LogP contribution is 2.27. The summed E-state index contributed by atoms with van der Waals surface area (Å²) in [6, 6.07) is 11.6. The summed E-state index contributed by atoms with van der Waals surface area (Å²) >= 11 is 0. The summed E-state index contributed by atoms with van der Waals surface area (Å²) in [5.74, 6) is -0.327. The molecule has 0 aromatic heterocycles. The number of nitrogens with zero attached hydrogens (tertiary/aromatic N) is 1. The topological polar surface area (TPSA) is 105 Å². The number of sulfonamides is 1. The summed E-state index contributed by atoms with van der Waals surface area (Å²) < 4.78 is 25.9. The van der Waals surface area contributed by atoms with Gasteiger partial charge in [0.05, 0.1) is 16.3 Å². The molecular formula is C18H25ClN4O3S. The van der Waals surface area contributed by atoms with Gasteiger partial charge < -0.3 is 16.4 Å². The van der Waals surface area contributed by atoms with E-state index in [9.17, 15) is 13.2 Å². The Morgan fingerprint density at radius 1 is 1.07 bits per heavy atom. The molecular weight excluding hydrogens is 388 g/mol. The number of carbonyl (C=O) groups excluding carboxylic acids is 1. The highest BCUT2D eigenvalue weighted by molar-refractivity contribution is 7.89. The first-order valence-electron chi connectivity index (χ1n) is 8.20. The second-order valence-corrected chi connectivity index (χ2v) is 8.03. The smallest absolute Gasteiger partial charge is 0.255 e. The van der Waals surface area contributed by atoms with Crippen LogP contribution in [0.5, 0.6) is 0 Å². The van der Waals surface area contributed by atoms with E-state index in [4.69, 9.17) is 5.73 Å². The largest absolute Gasteiger partial charge is 0.384 e. The minimum atomic E-state index is -3.60. The van der Waals surface area contributed by atoms with Crippen LogP contribution in [0.25, 0.3) is 0 Å². The maximum absolute atomic E-state index is 12.5. The van der Waals surface area contributed by atoms with Crippen LogP contribution in [-0.4, -0.2) is 39.3 Å². The number of halogens is 1. The van der Waals surface area contributed by atoms with Gasteiger partial charge in [0.25, 0.3) is 5.91 Å². The molecule has 2 aromatic rings. The number of amides is 1. The minimum Gasteiger partial charge on any atom is -0.384 e. The molecule has 0 saturated carbocycles. The summed E-state index contributed by atoms with van der Waals surface area (Å²) in [6.45, 7) is 2.95. The second kappa shape index (κ2) is 9.70. The van der Waals surface area contributed by atoms with Crippen LogP contribution >= 0.6 is 12.4 Å². The van der Waals surface area contributed by atoms with Gasteiger partial charge in [-0.1, -0.05) is 12.1 Å². The molecule has 0 spiro atoms. The van der Waals surface area contributed by atoms with E-state index in [2.05, 4.69) is 10.6 Å². The van der Waals surface area contributed by atoms with Crippen molar-refractivity contribution in [1.29, 1.82) is 0 Å². The average Bonchev–Trinajstić information content (AvgIpc) is 2.63. The maximum atomic E-state index is 12.5. The number of rotatable bonds is 7. The van der Waals surface area contributed by atoms with Crippen molar-refractivity contribution in [2.24, 2.45) is 5.73 Å². The summed E-state index contributed by atoms with van der Waals surface area (Å²) in [5, 5.41) is 5.90. The number of anilines is 2. The molecule has 27 heavy (non-hydrogen) atoms. The Balaban J connectivity index is 0.00000364. The predicted octanol–water partition coefficient (Wildman–Crippen LogP) is 2.50. The molecule has 2 rings (SSSR count). The molecule has 0 heterocycles. The van der Waals surface area contributed by atoms with Crippen molar-refractivity contribution in [1.82, 2.24) is 4.31 Å². The third-order valence-electron chi connectivity index (χ3n) is 3.84. The Kier molecular flexibility index (Phi) is 8.23. The second-order valence-electron chi connectivity index (χ2n) is 5.88. The van der Waals surface area contributed by atoms with Crippen molar-refractivity contribution in [3.8, 4) is 0 Å². The molecule has 148 valence electrons. The number of benzene rings is 2. The van der Waals surface area contributed by atoms with Crippen molar-refractivity contribution in [2.75, 3.05) is 31.3 Å². The summed E-state index contributed by atoms with van der Waals surface area (Å²) in [6.07, 6.45) is 0. The molecule has 9 heteroatoms. The minimum absolute atomic E-state index is 0. The lowest BCUT2D eigenvalue weighted by atomic mass is 10.1. The van der Waals surface area contributed by atoms with Crippen LogP contribution in [-0.2, 0) is 16.6 Å². The quantitative estimate of drug-likeness (QED) is 0.648. The molecule has 0 unspecified atom stereocenters. The fraction of sp³-hybridized carbons (Fsp3) is 0.278. The van der Waals surface area contributed by atoms with Crippen molar-refractivity contribution in [3.63, 3.8) is 0 Å². The van der Waals surface area contributed by atoms with Crippen LogP contribution in [0.15, 0.2) is 47.4 Å². The molecule has 0 atom stereocenters. The van der Waals surface area contributed by atoms with E-state index < -0.39 is 10.0 Å². The first kappa shape index (κ1) is 22.9. The highest BCUT2D eigenvalue weighted by atomic mass is 35.5. The van der Waals surface area contributed by atoms with Gasteiger partial charge in [0.1, 0.15) is 0 Å². The average molecular weight is 413 g/mol. The monoisotopic (exact) mass is 412 g/mol. The Labute approximate surface area is 166 Å². The zero-order valence-corrected chi connectivity index (χ0v) is 17.2. The van der Waals surface area contributed by atoms with E-state index in [1.807, 2.05) is 6.92 Å². The Bertz CT molecular complexity index is 884. The van der Waals surface area contributed by atoms with E-state index >= 15 is 0 Å². The Hall–Kier alpha value is -2.13. The first-order valence-corrected chi connectivity index (χ1v) is 9.64. The lowest BCUT2D eigenvalue weighted by Crippen LogP contribution is -2.22. The number of hydrogen-bond donors (Lipinski definition) is 3. The van der Waals surface area contributed by atoms with E-state index in [-0.39, 0.29) is 23.2 Å². The molecule has 0 aliphatic heterocycles. The van der Waals surface area contributed by atoms with Crippen LogP contribution in [0.4, 0.5) is 11.4 Å². The molecule has 0 aliphatic carbocycles. The maximum Gasteiger partial charge on any atom is 0.255 e. The van der Waals surface area contributed by atoms with E-state index in [0.717, 1.165) is 9.87 Å². The summed E-state index contributed by atoms with van der Waals surface area (Å²) in [5.41, 5.74) is 8.01. The van der Waals surface area contributed by atoms with Crippen LogP contribution in [0.2, 0.25) is 0 Å². The zero-order valence-electron chi connectivity index (χ0n) is 15.5. The van der Waals surface area contributed by atoms with Crippen molar-refractivity contribution in [2.45, 2.75) is 18.4 Å². The van der Waals surface area contributed by atoms with Crippen molar-refractivity contribution < 1.29 is 13.2 Å². The van der Waals surface area contributed by atoms with Gasteiger partial charge in [0.15, 0.2) is 0 Å². The lowest BCUT2D eigenvalue weighted by molar-refractivity contribution is 0.102. The fourth-order valence-corrected chi connectivity index (χ4v) is 3.26. The summed E-state index contributed by atoms with van der Waals surface area (Å²) in [7, 11) is -0.674. The third-order valence-corrected chi connectivity index (χ3v) is 5.65. The SMILES string of the molecule is CCNc1ccc(S(=O)(=O)N(C)C)cc1NC(=O)c1ccc(CN)cc1.Cl. The van der Waals surface area contributed by atoms with Crippen LogP contribution < -0.4 is 16.4 Å². The highest BCUT2D eigenvalue weighted by Gasteiger charge is 2.19. The van der Waals surface area contributed by atoms with E-state index in [1.165, 1.54) is 26.2 Å². The Morgan fingerprint density at radius 2 is 1.70 bits per heavy atom. The first-order chi connectivity index (χ1) is 12.3. The normalized spacial score (nSPS) is 11.0. The van der Waals surface area contributed by atoms with Crippen LogP contribution in [0.3, 0.4) is 0 Å². The molecule has 0 bridgehead atoms. The summed E-state index contributed by atoms with van der Waals surface area (Å²) in [4.78, 5) is 12.6. The van der Waals surface area contributed by atoms with Crippen molar-refractivity contribution in [3.05, 3.63) is 53.6 Å². The molecule has 0 aliphatic rings. The zero-order chi connectivity index (χ0) is 19.3. The van der Waals surface area contributed by atoms with Crippen LogP contribution in [0, 0.1) is 0 Å². The molecule has 4 N–H and O–H groups in total. The van der Waals surface area contributed by atoms with Gasteiger partial charge in [-0.2, -0.15) is 0 Å². The molecule has 2 aromatic carbocycles. The molecule has 7 nitrogen and oxygen atoms in total. The number of nitrogens with one attached hydrogen (secondary N) is 2. The Morgan fingerprint density at radius 3 is 2.22 bits per heavy atom. The van der Waals surface area contributed by atoms with Gasteiger partial charge in [0, 0.05) is 32.7 Å². The van der Waals surface area contributed by atoms with Crippen molar-refractivity contribution >= 4 is 39.7 Å².